The van der Waals surface area contributed by atoms with Gasteiger partial charge in [-0.2, -0.15) is 0 Å². The smallest absolute Gasteiger partial charge is 0.303 e. The second-order valence-electron chi connectivity index (χ2n) is 5.06. The molecule has 0 aliphatic carbocycles. The Balaban J connectivity index is 1.79. The van der Waals surface area contributed by atoms with Gasteiger partial charge in [0.25, 0.3) is 5.91 Å². The van der Waals surface area contributed by atoms with Crippen LogP contribution in [-0.2, 0) is 11.3 Å². The van der Waals surface area contributed by atoms with E-state index in [0.717, 1.165) is 16.0 Å². The molecule has 2 aromatic rings. The minimum atomic E-state index is -0.440. The van der Waals surface area contributed by atoms with E-state index >= 15 is 0 Å². The summed E-state index contributed by atoms with van der Waals surface area (Å²) in [5, 5.41) is 3.80. The van der Waals surface area contributed by atoms with E-state index in [4.69, 9.17) is 23.2 Å². The number of halogens is 2. The van der Waals surface area contributed by atoms with Crippen molar-refractivity contribution in [3.63, 3.8) is 0 Å². The summed E-state index contributed by atoms with van der Waals surface area (Å²) in [6.07, 6.45) is 1.62. The molecular weight excluding hydrogens is 335 g/mol. The summed E-state index contributed by atoms with van der Waals surface area (Å²) >= 11 is 11.7. The van der Waals surface area contributed by atoms with Gasteiger partial charge in [-0.25, -0.2) is 4.79 Å². The summed E-state index contributed by atoms with van der Waals surface area (Å²) in [6.45, 7) is 0.194. The van der Waals surface area contributed by atoms with Crippen molar-refractivity contribution in [3.05, 3.63) is 75.4 Å². The SMILES string of the molecule is O=C1NC(=Cc2ccc(Cl)cc2)C(=O)N1Cc1ccc(Cl)cc1. The van der Waals surface area contributed by atoms with Gasteiger partial charge in [0.1, 0.15) is 5.70 Å². The first kappa shape index (κ1) is 15.6. The molecule has 0 spiro atoms. The topological polar surface area (TPSA) is 49.4 Å². The van der Waals surface area contributed by atoms with E-state index in [9.17, 15) is 9.59 Å². The predicted octanol–water partition coefficient (Wildman–Crippen LogP) is 4.09. The highest BCUT2D eigenvalue weighted by molar-refractivity contribution is 6.30. The lowest BCUT2D eigenvalue weighted by molar-refractivity contribution is -0.123. The first-order chi connectivity index (χ1) is 11.0. The molecule has 3 amide bonds. The molecule has 4 nitrogen and oxygen atoms in total. The Morgan fingerprint density at radius 2 is 1.48 bits per heavy atom. The summed E-state index contributed by atoms with van der Waals surface area (Å²) in [6, 6.07) is 13.6. The van der Waals surface area contributed by atoms with E-state index in [2.05, 4.69) is 5.32 Å². The monoisotopic (exact) mass is 346 g/mol. The molecule has 116 valence electrons. The molecule has 0 saturated carbocycles. The van der Waals surface area contributed by atoms with E-state index in [1.165, 1.54) is 0 Å². The van der Waals surface area contributed by atoms with Crippen molar-refractivity contribution in [2.45, 2.75) is 6.54 Å². The number of carbonyl (C=O) groups is 2. The second kappa shape index (κ2) is 6.44. The fourth-order valence-electron chi connectivity index (χ4n) is 2.21. The number of nitrogens with zero attached hydrogens (tertiary/aromatic N) is 1. The summed E-state index contributed by atoms with van der Waals surface area (Å²) in [5.41, 5.74) is 1.85. The van der Waals surface area contributed by atoms with Gasteiger partial charge in [-0.05, 0) is 41.5 Å². The van der Waals surface area contributed by atoms with Gasteiger partial charge in [-0.15, -0.1) is 0 Å². The van der Waals surface area contributed by atoms with Crippen molar-refractivity contribution in [3.8, 4) is 0 Å². The molecule has 3 rings (SSSR count). The zero-order chi connectivity index (χ0) is 16.4. The Bertz CT molecular complexity index is 783. The lowest BCUT2D eigenvalue weighted by Crippen LogP contribution is -2.30. The second-order valence-corrected chi connectivity index (χ2v) is 5.93. The molecule has 1 aliphatic rings. The number of nitrogens with one attached hydrogen (secondary N) is 1. The Kier molecular flexibility index (Phi) is 4.37. The standard InChI is InChI=1S/C17H12Cl2N2O2/c18-13-5-1-11(2-6-13)9-15-16(22)21(17(23)20-15)10-12-3-7-14(19)8-4-12/h1-9H,10H2,(H,20,23). The Labute approximate surface area is 143 Å². The number of carbonyl (C=O) groups excluding carboxylic acids is 2. The maximum absolute atomic E-state index is 12.4. The quantitative estimate of drug-likeness (QED) is 0.672. The molecule has 0 radical (unpaired) electrons. The first-order valence-electron chi connectivity index (χ1n) is 6.87. The molecule has 0 aromatic heterocycles. The molecule has 1 aliphatic heterocycles. The highest BCUT2D eigenvalue weighted by atomic mass is 35.5. The lowest BCUT2D eigenvalue weighted by atomic mass is 10.2. The fraction of sp³-hybridized carbons (Fsp3) is 0.0588. The third-order valence-electron chi connectivity index (χ3n) is 3.40. The molecule has 1 saturated heterocycles. The zero-order valence-electron chi connectivity index (χ0n) is 11.9. The van der Waals surface area contributed by atoms with E-state index in [0.29, 0.717) is 10.0 Å². The average molecular weight is 347 g/mol. The molecular formula is C17H12Cl2N2O2. The number of rotatable bonds is 3. The van der Waals surface area contributed by atoms with Gasteiger partial charge in [0.05, 0.1) is 6.54 Å². The molecule has 0 atom stereocenters. The minimum Gasteiger partial charge on any atom is -0.303 e. The third kappa shape index (κ3) is 3.55. The highest BCUT2D eigenvalue weighted by Gasteiger charge is 2.33. The van der Waals surface area contributed by atoms with Crippen molar-refractivity contribution in [2.24, 2.45) is 0 Å². The van der Waals surface area contributed by atoms with Gasteiger partial charge >= 0.3 is 6.03 Å². The highest BCUT2D eigenvalue weighted by Crippen LogP contribution is 2.19. The summed E-state index contributed by atoms with van der Waals surface area (Å²) in [4.78, 5) is 25.6. The van der Waals surface area contributed by atoms with Crippen LogP contribution in [0, 0.1) is 0 Å². The first-order valence-corrected chi connectivity index (χ1v) is 7.63. The van der Waals surface area contributed by atoms with E-state index in [1.54, 1.807) is 54.6 Å². The predicted molar refractivity (Wildman–Crippen MR) is 90.0 cm³/mol. The van der Waals surface area contributed by atoms with Crippen molar-refractivity contribution in [1.82, 2.24) is 10.2 Å². The lowest BCUT2D eigenvalue weighted by Gasteiger charge is -2.11. The largest absolute Gasteiger partial charge is 0.329 e. The van der Waals surface area contributed by atoms with Crippen molar-refractivity contribution < 1.29 is 9.59 Å². The summed E-state index contributed by atoms with van der Waals surface area (Å²) < 4.78 is 0. The van der Waals surface area contributed by atoms with Crippen molar-refractivity contribution in [1.29, 1.82) is 0 Å². The average Bonchev–Trinajstić information content (AvgIpc) is 2.79. The van der Waals surface area contributed by atoms with E-state index in [-0.39, 0.29) is 18.1 Å². The summed E-state index contributed by atoms with van der Waals surface area (Å²) in [5.74, 6) is -0.361. The van der Waals surface area contributed by atoms with Crippen molar-refractivity contribution >= 4 is 41.2 Å². The van der Waals surface area contributed by atoms with Crippen LogP contribution in [0.25, 0.3) is 6.08 Å². The van der Waals surface area contributed by atoms with Gasteiger partial charge in [-0.3, -0.25) is 9.69 Å². The normalized spacial score (nSPS) is 16.1. The van der Waals surface area contributed by atoms with Gasteiger partial charge < -0.3 is 5.32 Å². The third-order valence-corrected chi connectivity index (χ3v) is 3.90. The van der Waals surface area contributed by atoms with Crippen LogP contribution >= 0.6 is 23.2 Å². The van der Waals surface area contributed by atoms with Crippen molar-refractivity contribution in [2.75, 3.05) is 0 Å². The van der Waals surface area contributed by atoms with Gasteiger partial charge in [0.2, 0.25) is 0 Å². The Morgan fingerprint density at radius 1 is 0.913 bits per heavy atom. The Morgan fingerprint density at radius 3 is 2.09 bits per heavy atom. The molecule has 1 fully saturated rings. The van der Waals surface area contributed by atoms with Crippen LogP contribution in [0.2, 0.25) is 10.0 Å². The van der Waals surface area contributed by atoms with Crippen LogP contribution in [0.1, 0.15) is 11.1 Å². The van der Waals surface area contributed by atoms with E-state index < -0.39 is 6.03 Å². The number of benzene rings is 2. The Hall–Kier alpha value is -2.30. The van der Waals surface area contributed by atoms with Crippen LogP contribution in [0.5, 0.6) is 0 Å². The number of urea groups is 1. The maximum atomic E-state index is 12.4. The van der Waals surface area contributed by atoms with Gasteiger partial charge in [0, 0.05) is 10.0 Å². The van der Waals surface area contributed by atoms with Crippen LogP contribution in [-0.4, -0.2) is 16.8 Å². The number of imide groups is 1. The van der Waals surface area contributed by atoms with Crippen LogP contribution in [0.3, 0.4) is 0 Å². The molecule has 1 N–H and O–H groups in total. The van der Waals surface area contributed by atoms with E-state index in [1.807, 2.05) is 0 Å². The van der Waals surface area contributed by atoms with Crippen LogP contribution in [0.4, 0.5) is 4.79 Å². The van der Waals surface area contributed by atoms with Gasteiger partial charge in [-0.1, -0.05) is 47.5 Å². The minimum absolute atomic E-state index is 0.194. The van der Waals surface area contributed by atoms with Crippen LogP contribution < -0.4 is 5.32 Å². The number of hydrogen-bond donors (Lipinski definition) is 1. The maximum Gasteiger partial charge on any atom is 0.329 e. The molecule has 23 heavy (non-hydrogen) atoms. The number of amides is 3. The molecule has 0 unspecified atom stereocenters. The molecule has 1 heterocycles. The molecule has 2 aromatic carbocycles. The fourth-order valence-corrected chi connectivity index (χ4v) is 2.47. The van der Waals surface area contributed by atoms with Gasteiger partial charge in [0.15, 0.2) is 0 Å². The molecule has 0 bridgehead atoms. The summed E-state index contributed by atoms with van der Waals surface area (Å²) in [7, 11) is 0. The number of hydrogen-bond acceptors (Lipinski definition) is 2. The molecule has 6 heteroatoms. The van der Waals surface area contributed by atoms with Crippen LogP contribution in [0.15, 0.2) is 54.2 Å². The zero-order valence-corrected chi connectivity index (χ0v) is 13.4.